The fraction of sp³-hybridized carbons (Fsp3) is 0.667. The van der Waals surface area contributed by atoms with Crippen molar-refractivity contribution in [2.45, 2.75) is 13.3 Å². The Morgan fingerprint density at radius 1 is 1.56 bits per heavy atom. The number of hydrogen-bond donors (Lipinski definition) is 0. The van der Waals surface area contributed by atoms with Gasteiger partial charge in [-0.1, -0.05) is 6.92 Å². The van der Waals surface area contributed by atoms with Crippen LogP contribution in [0.15, 0.2) is 0 Å². The molecule has 0 amide bonds. The number of carbonyl (C=O) groups is 1. The van der Waals surface area contributed by atoms with Gasteiger partial charge in [-0.3, -0.25) is 4.79 Å². The minimum atomic E-state index is -4.64. The van der Waals surface area contributed by atoms with Crippen LogP contribution in [-0.2, 0) is 32.0 Å². The van der Waals surface area contributed by atoms with Crippen LogP contribution in [0.2, 0.25) is 0 Å². The molecule has 0 saturated carbocycles. The van der Waals surface area contributed by atoms with Gasteiger partial charge < -0.3 is 4.55 Å². The van der Waals surface area contributed by atoms with E-state index in [0.29, 0.717) is 0 Å². The van der Waals surface area contributed by atoms with Gasteiger partial charge in [-0.15, -0.1) is 0 Å². The van der Waals surface area contributed by atoms with Gasteiger partial charge in [0.2, 0.25) is 5.12 Å². The fourth-order valence-electron chi connectivity index (χ4n) is 0.177. The Morgan fingerprint density at radius 3 is 1.89 bits per heavy atom. The van der Waals surface area contributed by atoms with E-state index in [9.17, 15) is 17.8 Å². The van der Waals surface area contributed by atoms with E-state index in [0.717, 1.165) is 0 Å². The van der Waals surface area contributed by atoms with Crippen LogP contribution in [0.1, 0.15) is 13.3 Å². The predicted octanol–water partition coefficient (Wildman–Crippen LogP) is -0.534. The Labute approximate surface area is 63.9 Å². The molecule has 0 rings (SSSR count). The summed E-state index contributed by atoms with van der Waals surface area (Å²) in [4.78, 5) is 9.93. The SMILES string of the molecule is CCC(=O)S(=O)(=O)[O-].[Cu+]. The summed E-state index contributed by atoms with van der Waals surface area (Å²) in [6, 6.07) is 0. The third kappa shape index (κ3) is 4.59. The quantitative estimate of drug-likeness (QED) is 0.421. The van der Waals surface area contributed by atoms with E-state index < -0.39 is 15.2 Å². The normalized spacial score (nSPS) is 10.0. The zero-order valence-corrected chi connectivity index (χ0v) is 6.31. The zero-order chi connectivity index (χ0) is 6.78. The van der Waals surface area contributed by atoms with Crippen LogP contribution in [0.5, 0.6) is 0 Å². The Balaban J connectivity index is 0. The summed E-state index contributed by atoms with van der Waals surface area (Å²) < 4.78 is 29.0. The maximum atomic E-state index is 9.93. The first-order chi connectivity index (χ1) is 3.48. The van der Waals surface area contributed by atoms with Crippen molar-refractivity contribution in [2.24, 2.45) is 0 Å². The summed E-state index contributed by atoms with van der Waals surface area (Å²) in [6.07, 6.45) is -0.244. The van der Waals surface area contributed by atoms with Crippen LogP contribution in [0.4, 0.5) is 0 Å². The van der Waals surface area contributed by atoms with Crippen molar-refractivity contribution in [1.29, 1.82) is 0 Å². The molecule has 58 valence electrons. The summed E-state index contributed by atoms with van der Waals surface area (Å²) in [5, 5.41) is -1.25. The molecule has 0 radical (unpaired) electrons. The van der Waals surface area contributed by atoms with E-state index in [1.165, 1.54) is 6.92 Å². The summed E-state index contributed by atoms with van der Waals surface area (Å²) >= 11 is 0. The largest absolute Gasteiger partial charge is 1.00 e. The smallest absolute Gasteiger partial charge is 0.742 e. The van der Waals surface area contributed by atoms with Crippen LogP contribution in [0, 0.1) is 0 Å². The van der Waals surface area contributed by atoms with E-state index in [1.54, 1.807) is 0 Å². The first-order valence-corrected chi connectivity index (χ1v) is 3.38. The number of carbonyl (C=O) groups excluding carboxylic acids is 1. The summed E-state index contributed by atoms with van der Waals surface area (Å²) in [7, 11) is -4.64. The summed E-state index contributed by atoms with van der Waals surface area (Å²) in [5.74, 6) is 0. The van der Waals surface area contributed by atoms with Crippen molar-refractivity contribution >= 4 is 15.2 Å². The van der Waals surface area contributed by atoms with Gasteiger partial charge in [-0.05, 0) is 0 Å². The Kier molecular flexibility index (Phi) is 5.27. The second kappa shape index (κ2) is 4.00. The zero-order valence-electron chi connectivity index (χ0n) is 4.55. The maximum absolute atomic E-state index is 9.93. The van der Waals surface area contributed by atoms with E-state index in [2.05, 4.69) is 0 Å². The molecule has 0 bridgehead atoms. The molecule has 0 saturated heterocycles. The van der Waals surface area contributed by atoms with Gasteiger partial charge in [0.1, 0.15) is 0 Å². The topological polar surface area (TPSA) is 74.3 Å². The van der Waals surface area contributed by atoms with Crippen LogP contribution in [0.3, 0.4) is 0 Å². The summed E-state index contributed by atoms with van der Waals surface area (Å²) in [5.41, 5.74) is 0. The molecule has 0 aliphatic carbocycles. The van der Waals surface area contributed by atoms with Crippen molar-refractivity contribution in [3.8, 4) is 0 Å². The molecule has 0 aliphatic rings. The molecular formula is C3H5CuO4S. The van der Waals surface area contributed by atoms with Gasteiger partial charge in [0.25, 0.3) is 0 Å². The molecule has 6 heteroatoms. The van der Waals surface area contributed by atoms with Crippen molar-refractivity contribution in [1.82, 2.24) is 0 Å². The molecule has 0 aromatic carbocycles. The molecular weight excluding hydrogens is 196 g/mol. The average molecular weight is 201 g/mol. The van der Waals surface area contributed by atoms with Gasteiger partial charge in [0.15, 0.2) is 10.1 Å². The number of rotatable bonds is 1. The fourth-order valence-corrected chi connectivity index (χ4v) is 0.530. The van der Waals surface area contributed by atoms with Gasteiger partial charge in [0, 0.05) is 6.42 Å². The monoisotopic (exact) mass is 200 g/mol. The van der Waals surface area contributed by atoms with Crippen molar-refractivity contribution < 1.29 is 34.8 Å². The molecule has 0 heterocycles. The van der Waals surface area contributed by atoms with Crippen molar-refractivity contribution in [3.05, 3.63) is 0 Å². The Bertz CT molecular complexity index is 182. The number of hydrogen-bond acceptors (Lipinski definition) is 4. The van der Waals surface area contributed by atoms with E-state index >= 15 is 0 Å². The van der Waals surface area contributed by atoms with Crippen molar-refractivity contribution in [2.75, 3.05) is 0 Å². The molecule has 0 unspecified atom stereocenters. The minimum absolute atomic E-state index is 0. The molecule has 0 aromatic heterocycles. The summed E-state index contributed by atoms with van der Waals surface area (Å²) in [6.45, 7) is 1.32. The third-order valence-electron chi connectivity index (χ3n) is 0.568. The van der Waals surface area contributed by atoms with Gasteiger partial charge in [-0.2, -0.15) is 0 Å². The van der Waals surface area contributed by atoms with Crippen LogP contribution >= 0.6 is 0 Å². The maximum Gasteiger partial charge on any atom is 1.00 e. The van der Waals surface area contributed by atoms with E-state index in [-0.39, 0.29) is 23.5 Å². The van der Waals surface area contributed by atoms with Crippen molar-refractivity contribution in [3.63, 3.8) is 0 Å². The standard InChI is InChI=1S/C3H6O4S.Cu/c1-2-3(4)8(5,6)7;/h2H2,1H3,(H,5,6,7);/q;+1/p-1. The minimum Gasteiger partial charge on any atom is -0.742 e. The second-order valence-corrected chi connectivity index (χ2v) is 2.54. The molecule has 0 aliphatic heterocycles. The van der Waals surface area contributed by atoms with Crippen LogP contribution < -0.4 is 0 Å². The predicted molar refractivity (Wildman–Crippen MR) is 25.0 cm³/mol. The van der Waals surface area contributed by atoms with Crippen LogP contribution in [0.25, 0.3) is 0 Å². The molecule has 0 spiro atoms. The molecule has 4 nitrogen and oxygen atoms in total. The van der Waals surface area contributed by atoms with E-state index in [4.69, 9.17) is 0 Å². The first kappa shape index (κ1) is 11.8. The van der Waals surface area contributed by atoms with Gasteiger partial charge in [-0.25, -0.2) is 8.42 Å². The van der Waals surface area contributed by atoms with Gasteiger partial charge >= 0.3 is 17.1 Å². The van der Waals surface area contributed by atoms with Crippen LogP contribution in [-0.4, -0.2) is 18.1 Å². The van der Waals surface area contributed by atoms with Gasteiger partial charge in [0.05, 0.1) is 0 Å². The third-order valence-corrected chi connectivity index (χ3v) is 1.41. The second-order valence-electron chi connectivity index (χ2n) is 1.18. The molecule has 0 fully saturated rings. The molecule has 0 N–H and O–H groups in total. The van der Waals surface area contributed by atoms with E-state index in [1.807, 2.05) is 0 Å². The molecule has 9 heavy (non-hydrogen) atoms. The first-order valence-electron chi connectivity index (χ1n) is 1.97. The molecule has 0 aromatic rings. The average Bonchev–Trinajstić information content (AvgIpc) is 1.62. The Morgan fingerprint density at radius 2 is 1.89 bits per heavy atom. The molecule has 0 atom stereocenters. The Hall–Kier alpha value is 0.0995.